The molecule has 1 amide bonds. The van der Waals surface area contributed by atoms with Gasteiger partial charge in [0, 0.05) is 23.8 Å². The Morgan fingerprint density at radius 2 is 1.75 bits per heavy atom. The molecular formula is C24H25N5O2S. The molecule has 0 aliphatic rings. The Bertz CT molecular complexity index is 1280. The summed E-state index contributed by atoms with van der Waals surface area (Å²) in [5, 5.41) is 11.4. The molecule has 0 fully saturated rings. The van der Waals surface area contributed by atoms with Crippen LogP contribution in [0.5, 0.6) is 0 Å². The Morgan fingerprint density at radius 1 is 1.03 bits per heavy atom. The number of carbonyl (C=O) groups is 1. The fourth-order valence-corrected chi connectivity index (χ4v) is 4.30. The summed E-state index contributed by atoms with van der Waals surface area (Å²) >= 11 is 1.30. The van der Waals surface area contributed by atoms with E-state index in [9.17, 15) is 9.59 Å². The van der Waals surface area contributed by atoms with E-state index in [-0.39, 0.29) is 22.4 Å². The highest BCUT2D eigenvalue weighted by molar-refractivity contribution is 8.00. The Labute approximate surface area is 190 Å². The summed E-state index contributed by atoms with van der Waals surface area (Å²) in [4.78, 5) is 25.8. The molecule has 0 saturated carbocycles. The minimum absolute atomic E-state index is 0.107. The highest BCUT2D eigenvalue weighted by Gasteiger charge is 2.22. The van der Waals surface area contributed by atoms with Crippen LogP contribution in [0.25, 0.3) is 11.3 Å². The van der Waals surface area contributed by atoms with Crippen molar-refractivity contribution in [1.82, 2.24) is 19.2 Å². The summed E-state index contributed by atoms with van der Waals surface area (Å²) in [5.41, 5.74) is 2.70. The third-order valence-electron chi connectivity index (χ3n) is 5.23. The maximum atomic E-state index is 12.9. The number of aromatic nitrogens is 4. The molecule has 1 atom stereocenters. The standard InChI is InChI=1S/C24H25N5O2S/c1-4-20(22(30)25-18-12-10-17(11-13-18)16(2)3)32-24-27-26-21-23(31)28(14-15-29(21)24)19-8-6-5-7-9-19/h5-16,20H,4H2,1-3H3,(H,25,30)/t20-/m0/s1. The number of thioether (sulfide) groups is 1. The number of fused-ring (bicyclic) bond motifs is 1. The van der Waals surface area contributed by atoms with Crippen molar-refractivity contribution in [3.05, 3.63) is 82.9 Å². The van der Waals surface area contributed by atoms with Crippen LogP contribution >= 0.6 is 11.8 Å². The minimum Gasteiger partial charge on any atom is -0.325 e. The van der Waals surface area contributed by atoms with Crippen LogP contribution in [0.2, 0.25) is 0 Å². The van der Waals surface area contributed by atoms with E-state index in [4.69, 9.17) is 0 Å². The monoisotopic (exact) mass is 447 g/mol. The van der Waals surface area contributed by atoms with Crippen LogP contribution in [0, 0.1) is 0 Å². The third-order valence-corrected chi connectivity index (χ3v) is 6.55. The zero-order chi connectivity index (χ0) is 22.7. The lowest BCUT2D eigenvalue weighted by molar-refractivity contribution is -0.115. The summed E-state index contributed by atoms with van der Waals surface area (Å²) in [6.45, 7) is 6.22. The first-order chi connectivity index (χ1) is 15.5. The highest BCUT2D eigenvalue weighted by Crippen LogP contribution is 2.25. The van der Waals surface area contributed by atoms with Crippen molar-refractivity contribution in [1.29, 1.82) is 0 Å². The number of nitrogens with one attached hydrogen (secondary N) is 1. The van der Waals surface area contributed by atoms with Crippen LogP contribution in [0.4, 0.5) is 5.69 Å². The maximum Gasteiger partial charge on any atom is 0.300 e. The average Bonchev–Trinajstić information content (AvgIpc) is 3.22. The molecule has 0 spiro atoms. The zero-order valence-electron chi connectivity index (χ0n) is 18.2. The van der Waals surface area contributed by atoms with Gasteiger partial charge < -0.3 is 5.32 Å². The molecular weight excluding hydrogens is 422 g/mol. The van der Waals surface area contributed by atoms with E-state index in [0.29, 0.717) is 17.5 Å². The molecule has 2 heterocycles. The third kappa shape index (κ3) is 4.45. The Morgan fingerprint density at radius 3 is 2.41 bits per heavy atom. The summed E-state index contributed by atoms with van der Waals surface area (Å²) in [7, 11) is 0. The van der Waals surface area contributed by atoms with E-state index < -0.39 is 0 Å². The van der Waals surface area contributed by atoms with Crippen molar-refractivity contribution in [2.24, 2.45) is 0 Å². The number of carbonyl (C=O) groups excluding carboxylic acids is 1. The van der Waals surface area contributed by atoms with E-state index >= 15 is 0 Å². The van der Waals surface area contributed by atoms with E-state index in [1.165, 1.54) is 21.9 Å². The van der Waals surface area contributed by atoms with Crippen molar-refractivity contribution < 1.29 is 4.79 Å². The van der Waals surface area contributed by atoms with Crippen molar-refractivity contribution in [3.63, 3.8) is 0 Å². The van der Waals surface area contributed by atoms with Crippen LogP contribution in [0.3, 0.4) is 0 Å². The van der Waals surface area contributed by atoms with Gasteiger partial charge in [0.05, 0.1) is 5.25 Å². The fourth-order valence-electron chi connectivity index (χ4n) is 3.36. The quantitative estimate of drug-likeness (QED) is 0.422. The fraction of sp³-hybridized carbons (Fsp3) is 0.250. The van der Waals surface area contributed by atoms with E-state index in [0.717, 1.165) is 11.4 Å². The first kappa shape index (κ1) is 21.8. The number of rotatable bonds is 7. The molecule has 2 aromatic carbocycles. The Kier molecular flexibility index (Phi) is 6.41. The summed E-state index contributed by atoms with van der Waals surface area (Å²) in [6, 6.07) is 17.2. The first-order valence-corrected chi connectivity index (χ1v) is 11.4. The number of nitrogens with zero attached hydrogens (tertiary/aromatic N) is 4. The molecule has 0 bridgehead atoms. The Balaban J connectivity index is 1.54. The second-order valence-electron chi connectivity index (χ2n) is 7.77. The molecule has 0 aliphatic heterocycles. The van der Waals surface area contributed by atoms with Gasteiger partial charge in [0.1, 0.15) is 0 Å². The largest absolute Gasteiger partial charge is 0.325 e. The molecule has 32 heavy (non-hydrogen) atoms. The minimum atomic E-state index is -0.372. The molecule has 164 valence electrons. The molecule has 0 aliphatic carbocycles. The Hall–Kier alpha value is -3.39. The van der Waals surface area contributed by atoms with Gasteiger partial charge in [-0.15, -0.1) is 10.2 Å². The predicted molar refractivity (Wildman–Crippen MR) is 128 cm³/mol. The number of anilines is 1. The van der Waals surface area contributed by atoms with Crippen LogP contribution < -0.4 is 10.9 Å². The van der Waals surface area contributed by atoms with Gasteiger partial charge in [-0.3, -0.25) is 18.6 Å². The lowest BCUT2D eigenvalue weighted by Gasteiger charge is -2.14. The smallest absolute Gasteiger partial charge is 0.300 e. The molecule has 0 saturated heterocycles. The summed E-state index contributed by atoms with van der Waals surface area (Å²) < 4.78 is 3.17. The molecule has 0 unspecified atom stereocenters. The van der Waals surface area contributed by atoms with Crippen molar-refractivity contribution >= 4 is 29.0 Å². The maximum absolute atomic E-state index is 12.9. The average molecular weight is 448 g/mol. The topological polar surface area (TPSA) is 81.3 Å². The normalized spacial score (nSPS) is 12.2. The van der Waals surface area contributed by atoms with Crippen molar-refractivity contribution in [3.8, 4) is 5.69 Å². The number of benzene rings is 2. The van der Waals surface area contributed by atoms with Crippen LogP contribution in [0.15, 0.2) is 76.9 Å². The molecule has 1 N–H and O–H groups in total. The van der Waals surface area contributed by atoms with Gasteiger partial charge in [-0.25, -0.2) is 0 Å². The lowest BCUT2D eigenvalue weighted by Crippen LogP contribution is -2.25. The molecule has 0 radical (unpaired) electrons. The van der Waals surface area contributed by atoms with Gasteiger partial charge in [-0.1, -0.05) is 62.9 Å². The van der Waals surface area contributed by atoms with Crippen molar-refractivity contribution in [2.45, 2.75) is 43.5 Å². The molecule has 7 nitrogen and oxygen atoms in total. The molecule has 2 aromatic heterocycles. The van der Waals surface area contributed by atoms with E-state index in [2.05, 4.69) is 29.4 Å². The number of hydrogen-bond acceptors (Lipinski definition) is 5. The van der Waals surface area contributed by atoms with Gasteiger partial charge in [0.25, 0.3) is 0 Å². The van der Waals surface area contributed by atoms with E-state index in [1.54, 1.807) is 16.8 Å². The van der Waals surface area contributed by atoms with Crippen LogP contribution in [-0.4, -0.2) is 30.3 Å². The number of para-hydroxylation sites is 1. The molecule has 4 rings (SSSR count). The lowest BCUT2D eigenvalue weighted by atomic mass is 10.0. The predicted octanol–water partition coefficient (Wildman–Crippen LogP) is 4.51. The van der Waals surface area contributed by atoms with Gasteiger partial charge in [-0.2, -0.15) is 0 Å². The summed E-state index contributed by atoms with van der Waals surface area (Å²) in [5.74, 6) is 0.329. The second kappa shape index (κ2) is 9.40. The van der Waals surface area contributed by atoms with Crippen LogP contribution in [0.1, 0.15) is 38.7 Å². The molecule has 4 aromatic rings. The first-order valence-electron chi connectivity index (χ1n) is 10.6. The zero-order valence-corrected chi connectivity index (χ0v) is 19.0. The van der Waals surface area contributed by atoms with Gasteiger partial charge in [0.15, 0.2) is 5.16 Å². The number of amides is 1. The molecule has 8 heteroatoms. The van der Waals surface area contributed by atoms with E-state index in [1.807, 2.05) is 61.5 Å². The van der Waals surface area contributed by atoms with Gasteiger partial charge >= 0.3 is 5.56 Å². The SMILES string of the molecule is CC[C@H](Sc1nnc2c(=O)n(-c3ccccc3)ccn12)C(=O)Nc1ccc(C(C)C)cc1. The highest BCUT2D eigenvalue weighted by atomic mass is 32.2. The summed E-state index contributed by atoms with van der Waals surface area (Å²) in [6.07, 6.45) is 4.05. The second-order valence-corrected chi connectivity index (χ2v) is 8.94. The van der Waals surface area contributed by atoms with Crippen molar-refractivity contribution in [2.75, 3.05) is 5.32 Å². The van der Waals surface area contributed by atoms with Gasteiger partial charge in [0.2, 0.25) is 11.6 Å². The van der Waals surface area contributed by atoms with Crippen LogP contribution in [-0.2, 0) is 4.79 Å². The van der Waals surface area contributed by atoms with Gasteiger partial charge in [-0.05, 0) is 42.2 Å². The number of hydrogen-bond donors (Lipinski definition) is 1.